The number of halogens is 1. The molecule has 4 nitrogen and oxygen atoms in total. The van der Waals surface area contributed by atoms with Gasteiger partial charge in [-0.3, -0.25) is 4.98 Å². The fraction of sp³-hybridized carbons (Fsp3) is 0.389. The molecule has 3 rings (SSSR count). The number of benzene rings is 1. The van der Waals surface area contributed by atoms with Crippen LogP contribution < -0.4 is 5.32 Å². The molecule has 2 aromatic rings. The van der Waals surface area contributed by atoms with Gasteiger partial charge in [0.1, 0.15) is 15.7 Å². The molecule has 0 amide bonds. The minimum absolute atomic E-state index is 0.134. The van der Waals surface area contributed by atoms with E-state index in [1.165, 1.54) is 12.3 Å². The van der Waals surface area contributed by atoms with E-state index in [0.717, 1.165) is 11.3 Å². The number of pyridine rings is 1. The lowest BCUT2D eigenvalue weighted by Crippen LogP contribution is -2.33. The molecule has 0 saturated carbocycles. The highest BCUT2D eigenvalue weighted by molar-refractivity contribution is 7.91. The average Bonchev–Trinajstić information content (AvgIpc) is 2.59. The highest BCUT2D eigenvalue weighted by Gasteiger charge is 2.25. The zero-order chi connectivity index (χ0) is 17.0. The molecule has 1 aromatic heterocycles. The number of hydrogen-bond donors (Lipinski definition) is 1. The van der Waals surface area contributed by atoms with Gasteiger partial charge in [0.2, 0.25) is 0 Å². The summed E-state index contributed by atoms with van der Waals surface area (Å²) in [5.41, 5.74) is 1.81. The van der Waals surface area contributed by atoms with Crippen LogP contribution in [-0.4, -0.2) is 31.5 Å². The summed E-state index contributed by atoms with van der Waals surface area (Å²) in [6.45, 7) is 0.716. The van der Waals surface area contributed by atoms with Gasteiger partial charge in [-0.2, -0.15) is 0 Å². The van der Waals surface area contributed by atoms with Gasteiger partial charge < -0.3 is 5.32 Å². The highest BCUT2D eigenvalue weighted by Crippen LogP contribution is 2.23. The Morgan fingerprint density at radius 3 is 2.46 bits per heavy atom. The lowest BCUT2D eigenvalue weighted by atomic mass is 9.99. The van der Waals surface area contributed by atoms with Crippen molar-refractivity contribution in [2.24, 2.45) is 5.92 Å². The van der Waals surface area contributed by atoms with Crippen molar-refractivity contribution in [3.8, 4) is 0 Å². The van der Waals surface area contributed by atoms with E-state index in [0.29, 0.717) is 25.3 Å². The molecular weight excluding hydrogens is 327 g/mol. The van der Waals surface area contributed by atoms with Gasteiger partial charge in [-0.25, -0.2) is 12.8 Å². The van der Waals surface area contributed by atoms with Crippen molar-refractivity contribution in [2.45, 2.75) is 18.9 Å². The molecule has 128 valence electrons. The highest BCUT2D eigenvalue weighted by atomic mass is 32.2. The molecule has 0 unspecified atom stereocenters. The van der Waals surface area contributed by atoms with Crippen LogP contribution in [0, 0.1) is 11.7 Å². The Balaban J connectivity index is 1.72. The lowest BCUT2D eigenvalue weighted by Gasteiger charge is -2.26. The van der Waals surface area contributed by atoms with Gasteiger partial charge in [0.25, 0.3) is 0 Å². The molecule has 1 fully saturated rings. The van der Waals surface area contributed by atoms with Crippen molar-refractivity contribution in [1.29, 1.82) is 0 Å². The fourth-order valence-electron chi connectivity index (χ4n) is 3.02. The lowest BCUT2D eigenvalue weighted by molar-refractivity contribution is 0.414. The van der Waals surface area contributed by atoms with E-state index in [1.807, 2.05) is 30.3 Å². The third kappa shape index (κ3) is 4.39. The first-order valence-corrected chi connectivity index (χ1v) is 9.96. The number of sulfone groups is 1. The predicted molar refractivity (Wildman–Crippen MR) is 91.9 cm³/mol. The molecule has 6 heteroatoms. The van der Waals surface area contributed by atoms with Gasteiger partial charge in [0, 0.05) is 0 Å². The Morgan fingerprint density at radius 1 is 1.12 bits per heavy atom. The van der Waals surface area contributed by atoms with Crippen molar-refractivity contribution in [1.82, 2.24) is 10.3 Å². The van der Waals surface area contributed by atoms with Crippen LogP contribution in [0.2, 0.25) is 0 Å². The standard InChI is InChI=1S/C18H21FN2O2S/c19-16-6-7-17(20-13-16)18(15-4-2-1-3-5-15)21-12-14-8-10-24(22,23)11-9-14/h1-7,13-14,18,21H,8-12H2/t18-/m1/s1. The smallest absolute Gasteiger partial charge is 0.150 e. The van der Waals surface area contributed by atoms with Crippen LogP contribution in [0.15, 0.2) is 48.7 Å². The molecule has 0 bridgehead atoms. The maximum absolute atomic E-state index is 13.2. The van der Waals surface area contributed by atoms with Crippen molar-refractivity contribution in [3.63, 3.8) is 0 Å². The molecule has 1 N–H and O–H groups in total. The summed E-state index contributed by atoms with van der Waals surface area (Å²) in [7, 11) is -2.85. The molecule has 0 radical (unpaired) electrons. The summed E-state index contributed by atoms with van der Waals surface area (Å²) in [5.74, 6) is 0.511. The van der Waals surface area contributed by atoms with E-state index in [4.69, 9.17) is 0 Å². The van der Waals surface area contributed by atoms with E-state index < -0.39 is 9.84 Å². The van der Waals surface area contributed by atoms with Crippen LogP contribution in [0.4, 0.5) is 4.39 Å². The Morgan fingerprint density at radius 2 is 1.83 bits per heavy atom. The SMILES string of the molecule is O=S1(=O)CCC(CN[C@H](c2ccccc2)c2ccc(F)cn2)CC1. The Kier molecular flexibility index (Phi) is 5.26. The van der Waals surface area contributed by atoms with Crippen LogP contribution in [0.3, 0.4) is 0 Å². The molecule has 1 aliphatic heterocycles. The summed E-state index contributed by atoms with van der Waals surface area (Å²) in [6.07, 6.45) is 2.60. The first-order chi connectivity index (χ1) is 11.5. The first kappa shape index (κ1) is 17.0. The topological polar surface area (TPSA) is 59.1 Å². The zero-order valence-corrected chi connectivity index (χ0v) is 14.2. The maximum atomic E-state index is 13.2. The molecule has 24 heavy (non-hydrogen) atoms. The van der Waals surface area contributed by atoms with E-state index in [-0.39, 0.29) is 23.4 Å². The second kappa shape index (κ2) is 7.40. The fourth-order valence-corrected chi connectivity index (χ4v) is 4.61. The second-order valence-corrected chi connectivity index (χ2v) is 8.55. The van der Waals surface area contributed by atoms with Gasteiger partial charge in [0.15, 0.2) is 0 Å². The van der Waals surface area contributed by atoms with E-state index in [9.17, 15) is 12.8 Å². The summed E-state index contributed by atoms with van der Waals surface area (Å²) in [6, 6.07) is 12.8. The largest absolute Gasteiger partial charge is 0.305 e. The van der Waals surface area contributed by atoms with Crippen molar-refractivity contribution in [2.75, 3.05) is 18.1 Å². The number of hydrogen-bond acceptors (Lipinski definition) is 4. The Labute approximate surface area is 142 Å². The third-order valence-corrected chi connectivity index (χ3v) is 6.18. The van der Waals surface area contributed by atoms with E-state index in [1.54, 1.807) is 6.07 Å². The maximum Gasteiger partial charge on any atom is 0.150 e. The monoisotopic (exact) mass is 348 g/mol. The molecule has 1 atom stereocenters. The normalized spacial score (nSPS) is 19.0. The number of nitrogens with one attached hydrogen (secondary N) is 1. The summed E-state index contributed by atoms with van der Waals surface area (Å²) >= 11 is 0. The molecule has 0 aliphatic carbocycles. The van der Waals surface area contributed by atoms with E-state index in [2.05, 4.69) is 10.3 Å². The van der Waals surface area contributed by atoms with Crippen molar-refractivity contribution >= 4 is 9.84 Å². The average molecular weight is 348 g/mol. The van der Waals surface area contributed by atoms with Gasteiger partial charge >= 0.3 is 0 Å². The van der Waals surface area contributed by atoms with Crippen molar-refractivity contribution in [3.05, 3.63) is 65.7 Å². The molecule has 0 spiro atoms. The van der Waals surface area contributed by atoms with Crippen LogP contribution in [0.25, 0.3) is 0 Å². The van der Waals surface area contributed by atoms with Gasteiger partial charge in [-0.15, -0.1) is 0 Å². The molecule has 1 aromatic carbocycles. The van der Waals surface area contributed by atoms with Crippen LogP contribution >= 0.6 is 0 Å². The number of rotatable bonds is 5. The summed E-state index contributed by atoms with van der Waals surface area (Å²) in [4.78, 5) is 4.21. The van der Waals surface area contributed by atoms with Crippen LogP contribution in [0.5, 0.6) is 0 Å². The first-order valence-electron chi connectivity index (χ1n) is 8.14. The van der Waals surface area contributed by atoms with E-state index >= 15 is 0 Å². The second-order valence-electron chi connectivity index (χ2n) is 6.25. The van der Waals surface area contributed by atoms with Crippen LogP contribution in [-0.2, 0) is 9.84 Å². The number of nitrogens with zero attached hydrogens (tertiary/aromatic N) is 1. The van der Waals surface area contributed by atoms with Gasteiger partial charge in [0.05, 0.1) is 29.4 Å². The Bertz CT molecular complexity index is 749. The molecule has 1 aliphatic rings. The Hall–Kier alpha value is -1.79. The third-order valence-electron chi connectivity index (χ3n) is 4.46. The zero-order valence-electron chi connectivity index (χ0n) is 13.4. The van der Waals surface area contributed by atoms with Gasteiger partial charge in [-0.05, 0) is 43.0 Å². The summed E-state index contributed by atoms with van der Waals surface area (Å²) in [5, 5.41) is 3.49. The molecular formula is C18H21FN2O2S. The predicted octanol–water partition coefficient (Wildman–Crippen LogP) is 2.72. The van der Waals surface area contributed by atoms with Crippen LogP contribution in [0.1, 0.15) is 30.1 Å². The minimum Gasteiger partial charge on any atom is -0.305 e. The summed E-state index contributed by atoms with van der Waals surface area (Å²) < 4.78 is 36.2. The minimum atomic E-state index is -2.85. The number of aromatic nitrogens is 1. The van der Waals surface area contributed by atoms with Gasteiger partial charge in [-0.1, -0.05) is 30.3 Å². The quantitative estimate of drug-likeness (QED) is 0.903. The molecule has 2 heterocycles. The molecule has 1 saturated heterocycles. The van der Waals surface area contributed by atoms with Crippen molar-refractivity contribution < 1.29 is 12.8 Å².